The van der Waals surface area contributed by atoms with Crippen molar-refractivity contribution in [3.05, 3.63) is 35.6 Å². The van der Waals surface area contributed by atoms with Crippen LogP contribution in [0.15, 0.2) is 24.3 Å². The monoisotopic (exact) mass is 332 g/mol. The van der Waals surface area contributed by atoms with Gasteiger partial charge in [-0.3, -0.25) is 9.59 Å². The number of benzene rings is 1. The molecule has 0 aromatic heterocycles. The third-order valence-corrected chi connectivity index (χ3v) is 5.04. The zero-order valence-corrected chi connectivity index (χ0v) is 14.0. The average Bonchev–Trinajstić information content (AvgIpc) is 2.74. The van der Waals surface area contributed by atoms with Gasteiger partial charge >= 0.3 is 0 Å². The van der Waals surface area contributed by atoms with Crippen molar-refractivity contribution in [2.45, 2.75) is 63.5 Å². The molecule has 1 unspecified atom stereocenters. The predicted octanol–water partition coefficient (Wildman–Crippen LogP) is 2.81. The molecule has 1 atom stereocenters. The van der Waals surface area contributed by atoms with Crippen molar-refractivity contribution in [1.82, 2.24) is 10.2 Å². The fraction of sp³-hybridized carbons (Fsp3) is 0.579. The SMILES string of the molecule is O=C(Cc1cccc(F)c1)NC1CC(=O)N(C2CCCCCC2)C1. The highest BCUT2D eigenvalue weighted by molar-refractivity contribution is 5.83. The molecule has 1 N–H and O–H groups in total. The Labute approximate surface area is 142 Å². The Morgan fingerprint density at radius 1 is 1.21 bits per heavy atom. The van der Waals surface area contributed by atoms with Crippen molar-refractivity contribution in [3.8, 4) is 0 Å². The molecule has 2 amide bonds. The molecule has 4 nitrogen and oxygen atoms in total. The van der Waals surface area contributed by atoms with Gasteiger partial charge in [0.15, 0.2) is 0 Å². The van der Waals surface area contributed by atoms with Gasteiger partial charge in [-0.2, -0.15) is 0 Å². The molecule has 3 rings (SSSR count). The second-order valence-electron chi connectivity index (χ2n) is 6.97. The Balaban J connectivity index is 1.52. The molecule has 2 fully saturated rings. The van der Waals surface area contributed by atoms with E-state index in [1.54, 1.807) is 12.1 Å². The van der Waals surface area contributed by atoms with E-state index >= 15 is 0 Å². The van der Waals surface area contributed by atoms with Gasteiger partial charge in [-0.05, 0) is 30.5 Å². The van der Waals surface area contributed by atoms with Gasteiger partial charge in [0.2, 0.25) is 11.8 Å². The lowest BCUT2D eigenvalue weighted by molar-refractivity contribution is -0.129. The number of carbonyl (C=O) groups excluding carboxylic acids is 2. The zero-order valence-electron chi connectivity index (χ0n) is 14.0. The molecule has 1 saturated heterocycles. The molecule has 5 heteroatoms. The lowest BCUT2D eigenvalue weighted by Crippen LogP contribution is -2.41. The van der Waals surface area contributed by atoms with Crippen LogP contribution >= 0.6 is 0 Å². The summed E-state index contributed by atoms with van der Waals surface area (Å²) in [6.45, 7) is 0.610. The molecule has 1 heterocycles. The molecule has 1 aromatic rings. The summed E-state index contributed by atoms with van der Waals surface area (Å²) >= 11 is 0. The first-order chi connectivity index (χ1) is 11.6. The van der Waals surface area contributed by atoms with Crippen LogP contribution in [0.3, 0.4) is 0 Å². The molecule has 2 aliphatic rings. The van der Waals surface area contributed by atoms with E-state index in [1.165, 1.54) is 37.8 Å². The van der Waals surface area contributed by atoms with Gasteiger partial charge in [0.1, 0.15) is 5.82 Å². The minimum absolute atomic E-state index is 0.123. The first kappa shape index (κ1) is 16.9. The van der Waals surface area contributed by atoms with Gasteiger partial charge < -0.3 is 10.2 Å². The molecule has 0 spiro atoms. The summed E-state index contributed by atoms with van der Waals surface area (Å²) in [7, 11) is 0. The highest BCUT2D eigenvalue weighted by atomic mass is 19.1. The van der Waals surface area contributed by atoms with Crippen LogP contribution in [0.25, 0.3) is 0 Å². The first-order valence-corrected chi connectivity index (χ1v) is 8.95. The van der Waals surface area contributed by atoms with E-state index in [4.69, 9.17) is 0 Å². The van der Waals surface area contributed by atoms with Crippen LogP contribution in [-0.4, -0.2) is 35.3 Å². The van der Waals surface area contributed by atoms with Gasteiger partial charge in [0, 0.05) is 19.0 Å². The summed E-state index contributed by atoms with van der Waals surface area (Å²) < 4.78 is 13.2. The Morgan fingerprint density at radius 3 is 2.67 bits per heavy atom. The van der Waals surface area contributed by atoms with Gasteiger partial charge in [-0.25, -0.2) is 4.39 Å². The van der Waals surface area contributed by atoms with Crippen LogP contribution in [0.5, 0.6) is 0 Å². The van der Waals surface area contributed by atoms with Crippen molar-refractivity contribution in [1.29, 1.82) is 0 Å². The molecule has 1 aliphatic heterocycles. The summed E-state index contributed by atoms with van der Waals surface area (Å²) in [6.07, 6.45) is 7.57. The maximum absolute atomic E-state index is 13.2. The Kier molecular flexibility index (Phi) is 5.48. The Morgan fingerprint density at radius 2 is 1.96 bits per heavy atom. The molecular formula is C19H25FN2O2. The summed E-state index contributed by atoms with van der Waals surface area (Å²) in [5, 5.41) is 2.94. The van der Waals surface area contributed by atoms with Crippen LogP contribution in [0.1, 0.15) is 50.5 Å². The molecular weight excluding hydrogens is 307 g/mol. The second-order valence-corrected chi connectivity index (χ2v) is 6.97. The highest BCUT2D eigenvalue weighted by Crippen LogP contribution is 2.25. The van der Waals surface area contributed by atoms with Crippen molar-refractivity contribution in [2.75, 3.05) is 6.54 Å². The van der Waals surface area contributed by atoms with E-state index in [9.17, 15) is 14.0 Å². The molecule has 1 saturated carbocycles. The summed E-state index contributed by atoms with van der Waals surface area (Å²) in [4.78, 5) is 26.4. The number of halogens is 1. The molecule has 130 valence electrons. The average molecular weight is 332 g/mol. The number of hydrogen-bond donors (Lipinski definition) is 1. The standard InChI is InChI=1S/C19H25FN2O2/c20-15-7-5-6-14(10-15)11-18(23)21-16-12-19(24)22(13-16)17-8-3-1-2-4-9-17/h5-7,10,16-17H,1-4,8-9,11-13H2,(H,21,23). The fourth-order valence-electron chi connectivity index (χ4n) is 3.86. The predicted molar refractivity (Wildman–Crippen MR) is 89.9 cm³/mol. The largest absolute Gasteiger partial charge is 0.351 e. The van der Waals surface area contributed by atoms with Crippen LogP contribution in [0, 0.1) is 5.82 Å². The summed E-state index contributed by atoms with van der Waals surface area (Å²) in [5.74, 6) is -0.338. The van der Waals surface area contributed by atoms with E-state index in [0.717, 1.165) is 12.8 Å². The molecule has 0 radical (unpaired) electrons. The lowest BCUT2D eigenvalue weighted by Gasteiger charge is -2.27. The van der Waals surface area contributed by atoms with Gasteiger partial charge in [0.25, 0.3) is 0 Å². The number of nitrogens with one attached hydrogen (secondary N) is 1. The number of likely N-dealkylation sites (tertiary alicyclic amines) is 1. The van der Waals surface area contributed by atoms with Crippen molar-refractivity contribution in [2.24, 2.45) is 0 Å². The van der Waals surface area contributed by atoms with Crippen LogP contribution in [0.2, 0.25) is 0 Å². The normalized spacial score (nSPS) is 22.5. The van der Waals surface area contributed by atoms with Gasteiger partial charge in [-0.15, -0.1) is 0 Å². The van der Waals surface area contributed by atoms with Crippen LogP contribution < -0.4 is 5.32 Å². The number of rotatable bonds is 4. The second kappa shape index (κ2) is 7.77. The van der Waals surface area contributed by atoms with E-state index in [-0.39, 0.29) is 30.1 Å². The number of carbonyl (C=O) groups is 2. The van der Waals surface area contributed by atoms with E-state index in [2.05, 4.69) is 5.32 Å². The quantitative estimate of drug-likeness (QED) is 0.862. The topological polar surface area (TPSA) is 49.4 Å². The Hall–Kier alpha value is -1.91. The molecule has 0 bridgehead atoms. The number of hydrogen-bond acceptors (Lipinski definition) is 2. The third-order valence-electron chi connectivity index (χ3n) is 5.04. The lowest BCUT2D eigenvalue weighted by atomic mass is 10.1. The van der Waals surface area contributed by atoms with Crippen LogP contribution in [-0.2, 0) is 16.0 Å². The summed E-state index contributed by atoms with van der Waals surface area (Å²) in [5.41, 5.74) is 0.650. The number of amides is 2. The van der Waals surface area contributed by atoms with E-state index in [0.29, 0.717) is 24.6 Å². The third kappa shape index (κ3) is 4.34. The zero-order chi connectivity index (χ0) is 16.9. The van der Waals surface area contributed by atoms with Gasteiger partial charge in [0.05, 0.1) is 12.5 Å². The van der Waals surface area contributed by atoms with Crippen LogP contribution in [0.4, 0.5) is 4.39 Å². The molecule has 1 aliphatic carbocycles. The van der Waals surface area contributed by atoms with Crippen molar-refractivity contribution >= 4 is 11.8 Å². The Bertz CT molecular complexity index is 597. The van der Waals surface area contributed by atoms with E-state index in [1.807, 2.05) is 4.90 Å². The summed E-state index contributed by atoms with van der Waals surface area (Å²) in [6, 6.07) is 6.29. The highest BCUT2D eigenvalue weighted by Gasteiger charge is 2.34. The minimum atomic E-state index is -0.337. The maximum atomic E-state index is 13.2. The first-order valence-electron chi connectivity index (χ1n) is 8.95. The van der Waals surface area contributed by atoms with Crippen molar-refractivity contribution < 1.29 is 14.0 Å². The minimum Gasteiger partial charge on any atom is -0.351 e. The molecule has 24 heavy (non-hydrogen) atoms. The number of nitrogens with zero attached hydrogens (tertiary/aromatic N) is 1. The molecule has 1 aromatic carbocycles. The fourth-order valence-corrected chi connectivity index (χ4v) is 3.86. The van der Waals surface area contributed by atoms with Gasteiger partial charge in [-0.1, -0.05) is 37.8 Å². The smallest absolute Gasteiger partial charge is 0.225 e. The van der Waals surface area contributed by atoms with E-state index < -0.39 is 0 Å². The maximum Gasteiger partial charge on any atom is 0.225 e. The van der Waals surface area contributed by atoms with Crippen molar-refractivity contribution in [3.63, 3.8) is 0 Å².